The first kappa shape index (κ1) is 21.0. The van der Waals surface area contributed by atoms with E-state index < -0.39 is 5.97 Å². The maximum absolute atomic E-state index is 12.3. The van der Waals surface area contributed by atoms with Crippen LogP contribution >= 0.6 is 15.9 Å². The molecule has 144 valence electrons. The smallest absolute Gasteiger partial charge is 0.343 e. The fraction of sp³-hybridized carbons (Fsp3) is 0.333. The largest absolute Gasteiger partial charge is 0.492 e. The topological polar surface area (TPSA) is 64.6 Å². The van der Waals surface area contributed by atoms with Gasteiger partial charge in [-0.15, -0.1) is 0 Å². The van der Waals surface area contributed by atoms with Crippen molar-refractivity contribution in [2.24, 2.45) is 5.92 Å². The molecule has 0 saturated heterocycles. The van der Waals surface area contributed by atoms with Gasteiger partial charge in [0.2, 0.25) is 5.91 Å². The van der Waals surface area contributed by atoms with Gasteiger partial charge in [-0.25, -0.2) is 4.79 Å². The lowest BCUT2D eigenvalue weighted by atomic mass is 10.1. The van der Waals surface area contributed by atoms with E-state index in [1.54, 1.807) is 49.4 Å². The number of carbonyl (C=O) groups is 2. The van der Waals surface area contributed by atoms with Crippen molar-refractivity contribution in [1.82, 2.24) is 0 Å². The first-order chi connectivity index (χ1) is 12.9. The van der Waals surface area contributed by atoms with Gasteiger partial charge < -0.3 is 14.8 Å². The van der Waals surface area contributed by atoms with E-state index in [9.17, 15) is 9.59 Å². The molecule has 0 aromatic heterocycles. The first-order valence-electron chi connectivity index (χ1n) is 8.93. The van der Waals surface area contributed by atoms with Crippen molar-refractivity contribution < 1.29 is 19.1 Å². The number of rotatable bonds is 8. The molecule has 6 heteroatoms. The molecule has 0 spiro atoms. The number of amides is 1. The molecule has 1 N–H and O–H groups in total. The Labute approximate surface area is 168 Å². The Morgan fingerprint density at radius 3 is 2.41 bits per heavy atom. The maximum Gasteiger partial charge on any atom is 0.343 e. The molecule has 0 heterocycles. The summed E-state index contributed by atoms with van der Waals surface area (Å²) in [5.41, 5.74) is 1.08. The Morgan fingerprint density at radius 2 is 1.81 bits per heavy atom. The Balaban J connectivity index is 1.97. The van der Waals surface area contributed by atoms with Gasteiger partial charge in [-0.2, -0.15) is 0 Å². The van der Waals surface area contributed by atoms with Gasteiger partial charge in [-0.3, -0.25) is 4.79 Å². The quantitative estimate of drug-likeness (QED) is 0.444. The third kappa shape index (κ3) is 6.71. The lowest BCUT2D eigenvalue weighted by molar-refractivity contribution is -0.115. The summed E-state index contributed by atoms with van der Waals surface area (Å²) in [5.74, 6) is 1.14. The van der Waals surface area contributed by atoms with E-state index >= 15 is 0 Å². The predicted octanol–water partition coefficient (Wildman–Crippen LogP) is 5.44. The van der Waals surface area contributed by atoms with E-state index in [4.69, 9.17) is 9.47 Å². The second-order valence-corrected chi connectivity index (χ2v) is 7.35. The summed E-state index contributed by atoms with van der Waals surface area (Å²) < 4.78 is 11.8. The zero-order chi connectivity index (χ0) is 19.8. The minimum Gasteiger partial charge on any atom is -0.492 e. The van der Waals surface area contributed by atoms with Gasteiger partial charge in [0, 0.05) is 12.1 Å². The fourth-order valence-corrected chi connectivity index (χ4v) is 2.66. The van der Waals surface area contributed by atoms with Gasteiger partial charge in [0.1, 0.15) is 11.5 Å². The Morgan fingerprint density at radius 1 is 1.11 bits per heavy atom. The summed E-state index contributed by atoms with van der Waals surface area (Å²) in [6, 6.07) is 11.8. The van der Waals surface area contributed by atoms with Crippen LogP contribution in [0.4, 0.5) is 5.69 Å². The molecule has 0 radical (unpaired) electrons. The highest BCUT2D eigenvalue weighted by Crippen LogP contribution is 2.27. The van der Waals surface area contributed by atoms with Gasteiger partial charge in [0.15, 0.2) is 0 Å². The number of hydrogen-bond donors (Lipinski definition) is 1. The van der Waals surface area contributed by atoms with E-state index in [-0.39, 0.29) is 5.91 Å². The van der Waals surface area contributed by atoms with Gasteiger partial charge in [-0.1, -0.05) is 20.8 Å². The van der Waals surface area contributed by atoms with E-state index in [1.807, 2.05) is 0 Å². The van der Waals surface area contributed by atoms with Crippen molar-refractivity contribution in [3.05, 3.63) is 52.5 Å². The maximum atomic E-state index is 12.3. The molecule has 0 bridgehead atoms. The lowest BCUT2D eigenvalue weighted by Gasteiger charge is -2.11. The normalized spacial score (nSPS) is 10.6. The predicted molar refractivity (Wildman–Crippen MR) is 109 cm³/mol. The van der Waals surface area contributed by atoms with Crippen LogP contribution in [0.3, 0.4) is 0 Å². The Hall–Kier alpha value is -2.34. The molecule has 0 aliphatic rings. The van der Waals surface area contributed by atoms with Crippen molar-refractivity contribution in [3.8, 4) is 11.5 Å². The molecule has 2 aromatic carbocycles. The van der Waals surface area contributed by atoms with Crippen LogP contribution < -0.4 is 14.8 Å². The molecule has 27 heavy (non-hydrogen) atoms. The molecule has 0 fully saturated rings. The second-order valence-electron chi connectivity index (χ2n) is 6.49. The van der Waals surface area contributed by atoms with Crippen LogP contribution in [0, 0.1) is 5.92 Å². The Kier molecular flexibility index (Phi) is 7.85. The molecule has 0 atom stereocenters. The summed E-state index contributed by atoms with van der Waals surface area (Å²) in [6.07, 6.45) is 1.37. The summed E-state index contributed by atoms with van der Waals surface area (Å²) in [4.78, 5) is 23.7. The number of hydrogen-bond acceptors (Lipinski definition) is 4. The lowest BCUT2D eigenvalue weighted by Crippen LogP contribution is -2.10. The van der Waals surface area contributed by atoms with Crippen LogP contribution in [0.5, 0.6) is 11.5 Å². The number of esters is 1. The van der Waals surface area contributed by atoms with E-state index in [0.717, 1.165) is 6.42 Å². The highest BCUT2D eigenvalue weighted by molar-refractivity contribution is 9.10. The monoisotopic (exact) mass is 433 g/mol. The molecular weight excluding hydrogens is 410 g/mol. The van der Waals surface area contributed by atoms with Crippen molar-refractivity contribution in [2.75, 3.05) is 11.9 Å². The van der Waals surface area contributed by atoms with E-state index in [2.05, 4.69) is 35.1 Å². The number of anilines is 1. The molecule has 2 rings (SSSR count). The highest BCUT2D eigenvalue weighted by Gasteiger charge is 2.12. The van der Waals surface area contributed by atoms with Crippen LogP contribution in [0.15, 0.2) is 46.9 Å². The third-order valence-electron chi connectivity index (χ3n) is 3.79. The molecule has 0 aliphatic heterocycles. The van der Waals surface area contributed by atoms with Crippen LogP contribution in [-0.4, -0.2) is 18.5 Å². The zero-order valence-corrected chi connectivity index (χ0v) is 17.3. The summed E-state index contributed by atoms with van der Waals surface area (Å²) in [5, 5.41) is 2.74. The van der Waals surface area contributed by atoms with Crippen LogP contribution in [0.1, 0.15) is 44.0 Å². The summed E-state index contributed by atoms with van der Waals surface area (Å²) in [7, 11) is 0. The van der Waals surface area contributed by atoms with Crippen molar-refractivity contribution in [3.63, 3.8) is 0 Å². The summed E-state index contributed by atoms with van der Waals surface area (Å²) in [6.45, 7) is 6.69. The Bertz CT molecular complexity index is 787. The van der Waals surface area contributed by atoms with Crippen molar-refractivity contribution >= 4 is 33.5 Å². The minimum absolute atomic E-state index is 0.0692. The number of benzene rings is 2. The van der Waals surface area contributed by atoms with Gasteiger partial charge >= 0.3 is 5.97 Å². The standard InChI is InChI=1S/C21H24BrNO4/c1-4-20(24)23-16-6-8-17(9-7-16)27-21(25)15-5-10-19(18(22)13-15)26-12-11-14(2)3/h5-10,13-14H,4,11-12H2,1-3H3,(H,23,24). The zero-order valence-electron chi connectivity index (χ0n) is 15.8. The molecule has 0 saturated carbocycles. The third-order valence-corrected chi connectivity index (χ3v) is 4.41. The van der Waals surface area contributed by atoms with Gasteiger partial charge in [0.05, 0.1) is 16.6 Å². The average molecular weight is 434 g/mol. The molecule has 5 nitrogen and oxygen atoms in total. The van der Waals surface area contributed by atoms with Gasteiger partial charge in [-0.05, 0) is 70.7 Å². The van der Waals surface area contributed by atoms with Crippen molar-refractivity contribution in [2.45, 2.75) is 33.6 Å². The molecule has 0 aliphatic carbocycles. The average Bonchev–Trinajstić information content (AvgIpc) is 2.64. The summed E-state index contributed by atoms with van der Waals surface area (Å²) >= 11 is 3.43. The molecular formula is C21H24BrNO4. The molecule has 2 aromatic rings. The second kappa shape index (κ2) is 10.1. The fourth-order valence-electron chi connectivity index (χ4n) is 2.17. The van der Waals surface area contributed by atoms with E-state index in [0.29, 0.717) is 46.2 Å². The molecule has 1 amide bonds. The van der Waals surface area contributed by atoms with Crippen LogP contribution in [0.2, 0.25) is 0 Å². The number of halogens is 1. The SMILES string of the molecule is CCC(=O)Nc1ccc(OC(=O)c2ccc(OCCC(C)C)c(Br)c2)cc1. The number of carbonyl (C=O) groups excluding carboxylic acids is 2. The first-order valence-corrected chi connectivity index (χ1v) is 9.72. The van der Waals surface area contributed by atoms with Crippen LogP contribution in [-0.2, 0) is 4.79 Å². The van der Waals surface area contributed by atoms with Crippen molar-refractivity contribution in [1.29, 1.82) is 0 Å². The number of ether oxygens (including phenoxy) is 2. The van der Waals surface area contributed by atoms with Crippen LogP contribution in [0.25, 0.3) is 0 Å². The van der Waals surface area contributed by atoms with Gasteiger partial charge in [0.25, 0.3) is 0 Å². The minimum atomic E-state index is -0.463. The van der Waals surface area contributed by atoms with E-state index in [1.165, 1.54) is 0 Å². The molecule has 0 unspecified atom stereocenters. The highest BCUT2D eigenvalue weighted by atomic mass is 79.9. The number of nitrogens with one attached hydrogen (secondary N) is 1.